The van der Waals surface area contributed by atoms with Crippen molar-refractivity contribution in [3.05, 3.63) is 0 Å². The average molecular weight is 189 g/mol. The predicted octanol–water partition coefficient (Wildman–Crippen LogP) is -0.113. The lowest BCUT2D eigenvalue weighted by Gasteiger charge is -2.02. The number of hydrogen-bond acceptors (Lipinski definition) is 3. The third-order valence-corrected chi connectivity index (χ3v) is 4.91. The van der Waals surface area contributed by atoms with Crippen molar-refractivity contribution in [2.75, 3.05) is 25.1 Å². The number of nitrogens with one attached hydrogen (secondary N) is 1. The lowest BCUT2D eigenvalue weighted by molar-refractivity contribution is 0.573. The van der Waals surface area contributed by atoms with Crippen LogP contribution in [0.15, 0.2) is 0 Å². The lowest BCUT2D eigenvalue weighted by Crippen LogP contribution is -2.14. The van der Waals surface area contributed by atoms with Crippen molar-refractivity contribution in [1.82, 2.24) is 5.32 Å². The van der Waals surface area contributed by atoms with Crippen LogP contribution in [0.4, 0.5) is 0 Å². The minimum Gasteiger partial charge on any atom is -0.320 e. The van der Waals surface area contributed by atoms with Crippen molar-refractivity contribution in [2.45, 2.75) is 6.42 Å². The van der Waals surface area contributed by atoms with E-state index in [0.717, 1.165) is 13.0 Å². The highest BCUT2D eigenvalue weighted by atomic mass is 32.2. The van der Waals surface area contributed by atoms with Gasteiger partial charge in [0.1, 0.15) is 0 Å². The van der Waals surface area contributed by atoms with Gasteiger partial charge < -0.3 is 5.32 Å². The molecule has 1 saturated heterocycles. The minimum absolute atomic E-state index is 0.464. The van der Waals surface area contributed by atoms with Crippen LogP contribution in [0.5, 0.6) is 0 Å². The maximum absolute atomic E-state index is 11.1. The summed E-state index contributed by atoms with van der Waals surface area (Å²) < 4.78 is 22.2. The van der Waals surface area contributed by atoms with Crippen LogP contribution in [0.3, 0.4) is 0 Å². The summed E-state index contributed by atoms with van der Waals surface area (Å²) in [5.74, 6) is 2.67. The molecule has 70 valence electrons. The highest BCUT2D eigenvalue weighted by Gasteiger charge is 2.57. The van der Waals surface area contributed by atoms with E-state index < -0.39 is 9.84 Å². The van der Waals surface area contributed by atoms with Gasteiger partial charge in [0.2, 0.25) is 0 Å². The number of fused-ring (bicyclic) bond motifs is 1. The molecule has 0 aromatic rings. The van der Waals surface area contributed by atoms with Crippen LogP contribution < -0.4 is 5.32 Å². The number of sulfone groups is 1. The quantitative estimate of drug-likeness (QED) is 0.673. The first-order chi connectivity index (χ1) is 5.64. The Labute approximate surface area is 73.5 Å². The zero-order valence-corrected chi connectivity index (χ0v) is 8.10. The molecule has 0 spiro atoms. The molecule has 0 aromatic heterocycles. The van der Waals surface area contributed by atoms with Gasteiger partial charge in [-0.15, -0.1) is 0 Å². The SMILES string of the molecule is CNCCC1C2CS(=O)(=O)CC12. The van der Waals surface area contributed by atoms with Crippen LogP contribution in [0.1, 0.15) is 6.42 Å². The van der Waals surface area contributed by atoms with Crippen LogP contribution >= 0.6 is 0 Å². The van der Waals surface area contributed by atoms with Crippen LogP contribution in [-0.2, 0) is 9.84 Å². The highest BCUT2D eigenvalue weighted by Crippen LogP contribution is 2.54. The fraction of sp³-hybridized carbons (Fsp3) is 1.00. The molecule has 2 aliphatic rings. The van der Waals surface area contributed by atoms with Gasteiger partial charge in [-0.2, -0.15) is 0 Å². The smallest absolute Gasteiger partial charge is 0.150 e. The van der Waals surface area contributed by atoms with E-state index in [0.29, 0.717) is 29.3 Å². The van der Waals surface area contributed by atoms with Gasteiger partial charge in [-0.1, -0.05) is 0 Å². The summed E-state index contributed by atoms with van der Waals surface area (Å²) in [7, 11) is -0.685. The molecule has 2 rings (SSSR count). The Kier molecular flexibility index (Phi) is 1.92. The Morgan fingerprint density at radius 1 is 1.33 bits per heavy atom. The fourth-order valence-corrected chi connectivity index (χ4v) is 4.71. The molecule has 1 N–H and O–H groups in total. The van der Waals surface area contributed by atoms with Gasteiger partial charge in [-0.05, 0) is 37.8 Å². The molecular weight excluding hydrogens is 174 g/mol. The molecular formula is C8H15NO2S. The molecule has 0 bridgehead atoms. The van der Waals surface area contributed by atoms with Gasteiger partial charge >= 0.3 is 0 Å². The lowest BCUT2D eigenvalue weighted by atomic mass is 10.2. The predicted molar refractivity (Wildman–Crippen MR) is 47.7 cm³/mol. The zero-order chi connectivity index (χ0) is 8.77. The van der Waals surface area contributed by atoms with Crippen molar-refractivity contribution >= 4 is 9.84 Å². The van der Waals surface area contributed by atoms with E-state index in [2.05, 4.69) is 5.32 Å². The maximum atomic E-state index is 11.1. The van der Waals surface area contributed by atoms with E-state index in [9.17, 15) is 8.42 Å². The molecule has 1 saturated carbocycles. The van der Waals surface area contributed by atoms with E-state index in [1.165, 1.54) is 0 Å². The third kappa shape index (κ3) is 1.38. The largest absolute Gasteiger partial charge is 0.320 e. The van der Waals surface area contributed by atoms with Gasteiger partial charge in [0.25, 0.3) is 0 Å². The summed E-state index contributed by atoms with van der Waals surface area (Å²) in [5.41, 5.74) is 0. The van der Waals surface area contributed by atoms with Crippen LogP contribution in [-0.4, -0.2) is 33.5 Å². The van der Waals surface area contributed by atoms with Crippen LogP contribution in [0, 0.1) is 17.8 Å². The molecule has 3 nitrogen and oxygen atoms in total. The van der Waals surface area contributed by atoms with Crippen molar-refractivity contribution in [3.8, 4) is 0 Å². The summed E-state index contributed by atoms with van der Waals surface area (Å²) in [4.78, 5) is 0. The summed E-state index contributed by atoms with van der Waals surface area (Å²) in [6.07, 6.45) is 1.15. The molecule has 1 aliphatic heterocycles. The van der Waals surface area contributed by atoms with Gasteiger partial charge in [0.15, 0.2) is 9.84 Å². The van der Waals surface area contributed by atoms with E-state index in [1.54, 1.807) is 0 Å². The normalized spacial score (nSPS) is 42.6. The number of rotatable bonds is 3. The summed E-state index contributed by atoms with van der Waals surface area (Å²) in [6, 6.07) is 0. The first kappa shape index (κ1) is 8.51. The van der Waals surface area contributed by atoms with E-state index in [4.69, 9.17) is 0 Å². The molecule has 2 unspecified atom stereocenters. The van der Waals surface area contributed by atoms with Gasteiger partial charge in [-0.25, -0.2) is 8.42 Å². The topological polar surface area (TPSA) is 46.2 Å². The minimum atomic E-state index is -2.62. The molecule has 4 heteroatoms. The molecule has 0 amide bonds. The van der Waals surface area contributed by atoms with Gasteiger partial charge in [0, 0.05) is 0 Å². The Bertz CT molecular complexity index is 255. The zero-order valence-electron chi connectivity index (χ0n) is 7.29. The fourth-order valence-electron chi connectivity index (χ4n) is 2.41. The average Bonchev–Trinajstić information content (AvgIpc) is 2.44. The van der Waals surface area contributed by atoms with Crippen molar-refractivity contribution in [3.63, 3.8) is 0 Å². The number of hydrogen-bond donors (Lipinski definition) is 1. The van der Waals surface area contributed by atoms with Gasteiger partial charge in [0.05, 0.1) is 11.5 Å². The first-order valence-electron chi connectivity index (χ1n) is 4.49. The second kappa shape index (κ2) is 2.70. The van der Waals surface area contributed by atoms with E-state index in [-0.39, 0.29) is 0 Å². The first-order valence-corrected chi connectivity index (χ1v) is 6.31. The van der Waals surface area contributed by atoms with Gasteiger partial charge in [-0.3, -0.25) is 0 Å². The molecule has 1 heterocycles. The third-order valence-electron chi connectivity index (χ3n) is 3.13. The molecule has 2 fully saturated rings. The molecule has 0 aromatic carbocycles. The van der Waals surface area contributed by atoms with Crippen LogP contribution in [0.2, 0.25) is 0 Å². The summed E-state index contributed by atoms with van der Waals surface area (Å²) in [5, 5.41) is 3.10. The molecule has 0 radical (unpaired) electrons. The Morgan fingerprint density at radius 2 is 1.92 bits per heavy atom. The highest BCUT2D eigenvalue weighted by molar-refractivity contribution is 7.91. The van der Waals surface area contributed by atoms with Crippen LogP contribution in [0.25, 0.3) is 0 Å². The monoisotopic (exact) mass is 189 g/mol. The van der Waals surface area contributed by atoms with Crippen molar-refractivity contribution < 1.29 is 8.42 Å². The Morgan fingerprint density at radius 3 is 2.42 bits per heavy atom. The molecule has 2 atom stereocenters. The Balaban J connectivity index is 1.84. The summed E-state index contributed by atoms with van der Waals surface area (Å²) >= 11 is 0. The Hall–Kier alpha value is -0.0900. The van der Waals surface area contributed by atoms with E-state index in [1.807, 2.05) is 7.05 Å². The molecule has 12 heavy (non-hydrogen) atoms. The second-order valence-corrected chi connectivity index (χ2v) is 6.11. The van der Waals surface area contributed by atoms with E-state index >= 15 is 0 Å². The standard InChI is InChI=1S/C8H15NO2S/c1-9-3-2-6-7-4-12(10,11)5-8(6)7/h6-9H,2-5H2,1H3. The summed E-state index contributed by atoms with van der Waals surface area (Å²) in [6.45, 7) is 1.03. The second-order valence-electron chi connectivity index (χ2n) is 3.96. The van der Waals surface area contributed by atoms with Crippen molar-refractivity contribution in [1.29, 1.82) is 0 Å². The maximum Gasteiger partial charge on any atom is 0.150 e. The molecule has 1 aliphatic carbocycles. The van der Waals surface area contributed by atoms with Crippen molar-refractivity contribution in [2.24, 2.45) is 17.8 Å².